The first-order valence-electron chi connectivity index (χ1n) is 11.7. The van der Waals surface area contributed by atoms with E-state index >= 15 is 0 Å². The van der Waals surface area contributed by atoms with E-state index in [0.717, 1.165) is 69.6 Å². The van der Waals surface area contributed by atoms with Crippen LogP contribution in [-0.4, -0.2) is 73.6 Å². The summed E-state index contributed by atoms with van der Waals surface area (Å²) in [5, 5.41) is 3.49. The zero-order valence-electron chi connectivity index (χ0n) is 19.0. The summed E-state index contributed by atoms with van der Waals surface area (Å²) >= 11 is 0. The number of aliphatic imine (C=N–C) groups is 1. The number of piperazine rings is 1. The minimum absolute atomic E-state index is 0.665. The van der Waals surface area contributed by atoms with Crippen molar-refractivity contribution in [2.24, 2.45) is 10.9 Å². The number of rotatable bonds is 6. The van der Waals surface area contributed by atoms with Crippen LogP contribution in [0.2, 0.25) is 0 Å². The van der Waals surface area contributed by atoms with Crippen molar-refractivity contribution in [1.82, 2.24) is 20.1 Å². The number of nitrogens with one attached hydrogen (secondary N) is 1. The Morgan fingerprint density at radius 1 is 1.03 bits per heavy atom. The molecule has 166 valence electrons. The van der Waals surface area contributed by atoms with Crippen molar-refractivity contribution in [2.45, 2.75) is 26.3 Å². The molecule has 2 aliphatic heterocycles. The van der Waals surface area contributed by atoms with Crippen molar-refractivity contribution in [3.8, 4) is 0 Å². The summed E-state index contributed by atoms with van der Waals surface area (Å²) in [6, 6.07) is 15.2. The maximum Gasteiger partial charge on any atom is 0.194 e. The highest BCUT2D eigenvalue weighted by Gasteiger charge is 2.25. The van der Waals surface area contributed by atoms with Crippen LogP contribution in [0.25, 0.3) is 0 Å². The highest BCUT2D eigenvalue weighted by atomic mass is 15.3. The Labute approximate surface area is 187 Å². The first-order chi connectivity index (χ1) is 15.2. The summed E-state index contributed by atoms with van der Waals surface area (Å²) in [4.78, 5) is 16.8. The van der Waals surface area contributed by atoms with Crippen molar-refractivity contribution >= 4 is 11.8 Å². The van der Waals surface area contributed by atoms with Crippen molar-refractivity contribution in [3.63, 3.8) is 0 Å². The fourth-order valence-electron chi connectivity index (χ4n) is 4.46. The lowest BCUT2D eigenvalue weighted by atomic mass is 9.99. The number of guanidine groups is 1. The number of hydrogen-bond donors (Lipinski definition) is 1. The first-order valence-corrected chi connectivity index (χ1v) is 11.7. The standard InChI is InChI=1S/C25H36N6/c1-3-26-25(31-12-11-22(20-31)17-21-7-5-4-6-8-21)28-19-23-9-10-24(27-18-23)30-15-13-29(2)14-16-30/h4-10,18,22H,3,11-17,19-20H2,1-2H3,(H,26,28). The predicted molar refractivity (Wildman–Crippen MR) is 129 cm³/mol. The summed E-state index contributed by atoms with van der Waals surface area (Å²) in [6.45, 7) is 10.1. The van der Waals surface area contributed by atoms with Gasteiger partial charge in [-0.3, -0.25) is 0 Å². The second kappa shape index (κ2) is 10.6. The van der Waals surface area contributed by atoms with Crippen molar-refractivity contribution in [2.75, 3.05) is 57.8 Å². The molecule has 0 saturated carbocycles. The maximum absolute atomic E-state index is 4.93. The van der Waals surface area contributed by atoms with E-state index in [1.54, 1.807) is 0 Å². The van der Waals surface area contributed by atoms with Gasteiger partial charge in [0.1, 0.15) is 5.82 Å². The molecule has 1 aromatic carbocycles. The molecule has 0 amide bonds. The van der Waals surface area contributed by atoms with Crippen LogP contribution < -0.4 is 10.2 Å². The lowest BCUT2D eigenvalue weighted by Gasteiger charge is -2.33. The van der Waals surface area contributed by atoms with E-state index in [0.29, 0.717) is 12.5 Å². The molecule has 2 saturated heterocycles. The van der Waals surface area contributed by atoms with Crippen molar-refractivity contribution in [1.29, 1.82) is 0 Å². The molecule has 1 N–H and O–H groups in total. The normalized spacial score (nSPS) is 20.3. The number of aromatic nitrogens is 1. The van der Waals surface area contributed by atoms with Crippen LogP contribution in [0.4, 0.5) is 5.82 Å². The second-order valence-electron chi connectivity index (χ2n) is 8.78. The van der Waals surface area contributed by atoms with Crippen molar-refractivity contribution < 1.29 is 0 Å². The van der Waals surface area contributed by atoms with Gasteiger partial charge >= 0.3 is 0 Å². The smallest absolute Gasteiger partial charge is 0.194 e. The van der Waals surface area contributed by atoms with Crippen LogP contribution in [0.3, 0.4) is 0 Å². The molecule has 2 fully saturated rings. The van der Waals surface area contributed by atoms with Gasteiger partial charge < -0.3 is 20.0 Å². The molecule has 6 heteroatoms. The molecular formula is C25H36N6. The second-order valence-corrected chi connectivity index (χ2v) is 8.78. The van der Waals surface area contributed by atoms with Gasteiger partial charge in [0.05, 0.1) is 6.54 Å². The number of benzene rings is 1. The predicted octanol–water partition coefficient (Wildman–Crippen LogP) is 2.86. The average Bonchev–Trinajstić information content (AvgIpc) is 3.26. The van der Waals surface area contributed by atoms with Crippen LogP contribution in [0, 0.1) is 5.92 Å². The number of likely N-dealkylation sites (tertiary alicyclic amines) is 1. The Kier molecular flexibility index (Phi) is 7.41. The van der Waals surface area contributed by atoms with E-state index in [1.165, 1.54) is 12.0 Å². The number of pyridine rings is 1. The van der Waals surface area contributed by atoms with Crippen LogP contribution in [-0.2, 0) is 13.0 Å². The monoisotopic (exact) mass is 420 g/mol. The van der Waals surface area contributed by atoms with E-state index in [4.69, 9.17) is 9.98 Å². The van der Waals surface area contributed by atoms with E-state index in [9.17, 15) is 0 Å². The Morgan fingerprint density at radius 2 is 1.84 bits per heavy atom. The van der Waals surface area contributed by atoms with Gasteiger partial charge in [-0.15, -0.1) is 0 Å². The molecule has 1 atom stereocenters. The minimum Gasteiger partial charge on any atom is -0.357 e. The minimum atomic E-state index is 0.665. The van der Waals surface area contributed by atoms with Crippen LogP contribution >= 0.6 is 0 Å². The summed E-state index contributed by atoms with van der Waals surface area (Å²) in [6.07, 6.45) is 4.36. The molecule has 0 spiro atoms. The van der Waals surface area contributed by atoms with Gasteiger partial charge in [0, 0.05) is 52.0 Å². The number of likely N-dealkylation sites (N-methyl/N-ethyl adjacent to an activating group) is 1. The van der Waals surface area contributed by atoms with Gasteiger partial charge in [-0.2, -0.15) is 0 Å². The molecule has 0 aliphatic carbocycles. The molecule has 0 bridgehead atoms. The first kappa shape index (κ1) is 21.6. The molecular weight excluding hydrogens is 384 g/mol. The topological polar surface area (TPSA) is 47.0 Å². The van der Waals surface area contributed by atoms with E-state index in [2.05, 4.69) is 76.5 Å². The molecule has 4 rings (SSSR count). The van der Waals surface area contributed by atoms with E-state index in [-0.39, 0.29) is 0 Å². The zero-order valence-corrected chi connectivity index (χ0v) is 19.0. The third-order valence-electron chi connectivity index (χ3n) is 6.34. The van der Waals surface area contributed by atoms with Gasteiger partial charge in [0.25, 0.3) is 0 Å². The maximum atomic E-state index is 4.93. The third-order valence-corrected chi connectivity index (χ3v) is 6.34. The fraction of sp³-hybridized carbons (Fsp3) is 0.520. The molecule has 1 unspecified atom stereocenters. The van der Waals surface area contributed by atoms with Crippen LogP contribution in [0.1, 0.15) is 24.5 Å². The van der Waals surface area contributed by atoms with Crippen LogP contribution in [0.15, 0.2) is 53.7 Å². The largest absolute Gasteiger partial charge is 0.357 e. The van der Waals surface area contributed by atoms with Gasteiger partial charge in [-0.25, -0.2) is 9.98 Å². The van der Waals surface area contributed by atoms with Gasteiger partial charge in [-0.1, -0.05) is 36.4 Å². The Hall–Kier alpha value is -2.60. The lowest BCUT2D eigenvalue weighted by molar-refractivity contribution is 0.312. The average molecular weight is 421 g/mol. The quantitative estimate of drug-likeness (QED) is 0.575. The SMILES string of the molecule is CCNC(=NCc1ccc(N2CCN(C)CC2)nc1)N1CCC(Cc2ccccc2)C1. The molecule has 6 nitrogen and oxygen atoms in total. The molecule has 3 heterocycles. The van der Waals surface area contributed by atoms with Crippen LogP contribution in [0.5, 0.6) is 0 Å². The summed E-state index contributed by atoms with van der Waals surface area (Å²) < 4.78 is 0. The third kappa shape index (κ3) is 5.97. The molecule has 1 aromatic heterocycles. The highest BCUT2D eigenvalue weighted by molar-refractivity contribution is 5.80. The summed E-state index contributed by atoms with van der Waals surface area (Å²) in [7, 11) is 2.18. The van der Waals surface area contributed by atoms with E-state index < -0.39 is 0 Å². The highest BCUT2D eigenvalue weighted by Crippen LogP contribution is 2.21. The lowest BCUT2D eigenvalue weighted by Crippen LogP contribution is -2.44. The van der Waals surface area contributed by atoms with E-state index in [1.807, 2.05) is 6.20 Å². The Morgan fingerprint density at radius 3 is 2.55 bits per heavy atom. The molecule has 2 aliphatic rings. The number of anilines is 1. The number of nitrogens with zero attached hydrogens (tertiary/aromatic N) is 5. The van der Waals surface area contributed by atoms with Gasteiger partial charge in [0.15, 0.2) is 5.96 Å². The summed E-state index contributed by atoms with van der Waals surface area (Å²) in [5.74, 6) is 2.80. The fourth-order valence-corrected chi connectivity index (χ4v) is 4.46. The molecule has 0 radical (unpaired) electrons. The van der Waals surface area contributed by atoms with Crippen molar-refractivity contribution in [3.05, 3.63) is 59.8 Å². The number of hydrogen-bond acceptors (Lipinski definition) is 4. The Balaban J connectivity index is 1.33. The molecule has 31 heavy (non-hydrogen) atoms. The molecule has 2 aromatic rings. The van der Waals surface area contributed by atoms with Gasteiger partial charge in [-0.05, 0) is 49.9 Å². The summed E-state index contributed by atoms with van der Waals surface area (Å²) in [5.41, 5.74) is 2.59. The zero-order chi connectivity index (χ0) is 21.5. The Bertz CT molecular complexity index is 827. The van der Waals surface area contributed by atoms with Gasteiger partial charge in [0.2, 0.25) is 0 Å².